The number of halogens is 2. The Bertz CT molecular complexity index is 948. The van der Waals surface area contributed by atoms with Crippen molar-refractivity contribution in [1.82, 2.24) is 4.31 Å². The van der Waals surface area contributed by atoms with Crippen molar-refractivity contribution in [2.45, 2.75) is 24.7 Å². The molecule has 1 amide bonds. The smallest absolute Gasteiger partial charge is 0.243 e. The van der Waals surface area contributed by atoms with Crippen molar-refractivity contribution in [2.24, 2.45) is 5.92 Å². The topological polar surface area (TPSA) is 66.5 Å². The lowest BCUT2D eigenvalue weighted by Gasteiger charge is -2.31. The van der Waals surface area contributed by atoms with Gasteiger partial charge in [-0.15, -0.1) is 0 Å². The Kier molecular flexibility index (Phi) is 5.83. The molecule has 1 heterocycles. The van der Waals surface area contributed by atoms with Gasteiger partial charge in [-0.05, 0) is 61.7 Å². The van der Waals surface area contributed by atoms with Gasteiger partial charge in [0.25, 0.3) is 0 Å². The van der Waals surface area contributed by atoms with Crippen LogP contribution in [0.3, 0.4) is 0 Å². The lowest BCUT2D eigenvalue weighted by Crippen LogP contribution is -2.43. The number of carbonyl (C=O) groups excluding carboxylic acids is 1. The number of amides is 1. The number of rotatable bonds is 4. The minimum Gasteiger partial charge on any atom is -0.326 e. The number of nitrogens with one attached hydrogen (secondary N) is 1. The third-order valence-electron chi connectivity index (χ3n) is 4.73. The Morgan fingerprint density at radius 3 is 2.63 bits per heavy atom. The summed E-state index contributed by atoms with van der Waals surface area (Å²) in [5.74, 6) is -1.20. The molecule has 1 aliphatic rings. The molecule has 3 rings (SSSR count). The van der Waals surface area contributed by atoms with E-state index in [4.69, 9.17) is 11.6 Å². The number of hydrogen-bond acceptors (Lipinski definition) is 3. The number of carbonyl (C=O) groups is 1. The Morgan fingerprint density at radius 2 is 1.93 bits per heavy atom. The van der Waals surface area contributed by atoms with Crippen LogP contribution in [0.2, 0.25) is 5.02 Å². The van der Waals surface area contributed by atoms with E-state index in [0.717, 1.165) is 17.7 Å². The first-order valence-corrected chi connectivity index (χ1v) is 10.4. The molecule has 0 bridgehead atoms. The molecule has 0 saturated carbocycles. The second-order valence-electron chi connectivity index (χ2n) is 6.56. The highest BCUT2D eigenvalue weighted by molar-refractivity contribution is 7.89. The van der Waals surface area contributed by atoms with Crippen LogP contribution in [0.1, 0.15) is 18.4 Å². The molecular formula is C19H20ClFN2O3S. The van der Waals surface area contributed by atoms with Crippen molar-refractivity contribution in [2.75, 3.05) is 18.4 Å². The molecule has 1 N–H and O–H groups in total. The number of sulfonamides is 1. The van der Waals surface area contributed by atoms with Crippen LogP contribution in [-0.2, 0) is 14.8 Å². The molecule has 0 spiro atoms. The summed E-state index contributed by atoms with van der Waals surface area (Å²) in [6.07, 6.45) is 1.17. The molecule has 27 heavy (non-hydrogen) atoms. The van der Waals surface area contributed by atoms with Crippen LogP contribution >= 0.6 is 11.6 Å². The van der Waals surface area contributed by atoms with E-state index in [1.165, 1.54) is 16.4 Å². The third-order valence-corrected chi connectivity index (χ3v) is 7.02. The summed E-state index contributed by atoms with van der Waals surface area (Å²) in [5, 5.41) is 3.40. The molecule has 1 atom stereocenters. The zero-order valence-corrected chi connectivity index (χ0v) is 16.4. The van der Waals surface area contributed by atoms with E-state index in [0.29, 0.717) is 30.1 Å². The van der Waals surface area contributed by atoms with Crippen LogP contribution in [0.4, 0.5) is 10.1 Å². The van der Waals surface area contributed by atoms with Crippen LogP contribution in [0.15, 0.2) is 47.4 Å². The average Bonchev–Trinajstić information content (AvgIpc) is 2.66. The van der Waals surface area contributed by atoms with Crippen molar-refractivity contribution in [3.8, 4) is 0 Å². The Balaban J connectivity index is 1.74. The van der Waals surface area contributed by atoms with E-state index in [2.05, 4.69) is 5.32 Å². The fraction of sp³-hybridized carbons (Fsp3) is 0.316. The highest BCUT2D eigenvalue weighted by Crippen LogP contribution is 2.27. The first kappa shape index (κ1) is 19.8. The summed E-state index contributed by atoms with van der Waals surface area (Å²) >= 11 is 6.08. The van der Waals surface area contributed by atoms with Gasteiger partial charge in [0, 0.05) is 23.8 Å². The fourth-order valence-corrected chi connectivity index (χ4v) is 4.81. The molecular weight excluding hydrogens is 391 g/mol. The largest absolute Gasteiger partial charge is 0.326 e. The first-order valence-electron chi connectivity index (χ1n) is 8.61. The van der Waals surface area contributed by atoms with Crippen molar-refractivity contribution in [3.63, 3.8) is 0 Å². The van der Waals surface area contributed by atoms with Gasteiger partial charge >= 0.3 is 0 Å². The first-order chi connectivity index (χ1) is 12.8. The van der Waals surface area contributed by atoms with Gasteiger partial charge in [0.2, 0.25) is 15.9 Å². The van der Waals surface area contributed by atoms with E-state index in [1.807, 2.05) is 6.92 Å². The van der Waals surface area contributed by atoms with Gasteiger partial charge in [-0.2, -0.15) is 4.31 Å². The molecule has 5 nitrogen and oxygen atoms in total. The predicted molar refractivity (Wildman–Crippen MR) is 103 cm³/mol. The molecule has 2 aromatic carbocycles. The summed E-state index contributed by atoms with van der Waals surface area (Å²) in [4.78, 5) is 12.7. The molecule has 1 fully saturated rings. The molecule has 2 aromatic rings. The standard InChI is InChI=1S/C19H20ClFN2O3S/c1-13-17(20)5-2-6-18(13)22-19(24)14-4-3-11-23(12-14)27(25,26)16-9-7-15(21)8-10-16/h2,5-10,14H,3-4,11-12H2,1H3,(H,22,24). The third kappa shape index (κ3) is 4.31. The summed E-state index contributed by atoms with van der Waals surface area (Å²) < 4.78 is 39.9. The van der Waals surface area contributed by atoms with E-state index < -0.39 is 21.8 Å². The SMILES string of the molecule is Cc1c(Cl)cccc1NC(=O)C1CCCN(S(=O)(=O)c2ccc(F)cc2)C1. The maximum atomic E-state index is 13.1. The molecule has 144 valence electrons. The van der Waals surface area contributed by atoms with Crippen LogP contribution < -0.4 is 5.32 Å². The van der Waals surface area contributed by atoms with E-state index in [1.54, 1.807) is 18.2 Å². The molecule has 1 unspecified atom stereocenters. The van der Waals surface area contributed by atoms with Gasteiger partial charge in [0.05, 0.1) is 10.8 Å². The minimum absolute atomic E-state index is 0.0237. The summed E-state index contributed by atoms with van der Waals surface area (Å²) in [5.41, 5.74) is 1.38. The second kappa shape index (κ2) is 7.96. The van der Waals surface area contributed by atoms with E-state index >= 15 is 0 Å². The quantitative estimate of drug-likeness (QED) is 0.833. The molecule has 8 heteroatoms. The second-order valence-corrected chi connectivity index (χ2v) is 8.90. The number of piperidine rings is 1. The highest BCUT2D eigenvalue weighted by atomic mass is 35.5. The van der Waals surface area contributed by atoms with Gasteiger partial charge < -0.3 is 5.32 Å². The van der Waals surface area contributed by atoms with Crippen molar-refractivity contribution in [3.05, 3.63) is 58.9 Å². The van der Waals surface area contributed by atoms with Gasteiger partial charge in [-0.3, -0.25) is 4.79 Å². The summed E-state index contributed by atoms with van der Waals surface area (Å²) in [6.45, 7) is 2.23. The molecule has 0 aliphatic carbocycles. The summed E-state index contributed by atoms with van der Waals surface area (Å²) in [6, 6.07) is 9.95. The molecule has 1 aliphatic heterocycles. The molecule has 1 saturated heterocycles. The zero-order chi connectivity index (χ0) is 19.6. The minimum atomic E-state index is -3.77. The average molecular weight is 411 g/mol. The van der Waals surface area contributed by atoms with Crippen LogP contribution in [0, 0.1) is 18.7 Å². The van der Waals surface area contributed by atoms with Gasteiger partial charge in [0.15, 0.2) is 0 Å². The lowest BCUT2D eigenvalue weighted by molar-refractivity contribution is -0.120. The molecule has 0 radical (unpaired) electrons. The predicted octanol–water partition coefficient (Wildman–Crippen LogP) is 3.83. The zero-order valence-electron chi connectivity index (χ0n) is 14.8. The number of anilines is 1. The highest BCUT2D eigenvalue weighted by Gasteiger charge is 2.33. The van der Waals surface area contributed by atoms with Crippen molar-refractivity contribution in [1.29, 1.82) is 0 Å². The van der Waals surface area contributed by atoms with Gasteiger partial charge in [0.1, 0.15) is 5.82 Å². The van der Waals surface area contributed by atoms with Crippen molar-refractivity contribution < 1.29 is 17.6 Å². The van der Waals surface area contributed by atoms with Crippen LogP contribution in [-0.4, -0.2) is 31.7 Å². The molecule has 0 aromatic heterocycles. The number of benzene rings is 2. The van der Waals surface area contributed by atoms with Gasteiger partial charge in [-0.25, -0.2) is 12.8 Å². The Hall–Kier alpha value is -1.96. The normalized spacial score (nSPS) is 18.3. The van der Waals surface area contributed by atoms with Crippen LogP contribution in [0.25, 0.3) is 0 Å². The van der Waals surface area contributed by atoms with E-state index in [9.17, 15) is 17.6 Å². The maximum absolute atomic E-state index is 13.1. The van der Waals surface area contributed by atoms with Crippen molar-refractivity contribution >= 4 is 33.2 Å². The summed E-state index contributed by atoms with van der Waals surface area (Å²) in [7, 11) is -3.77. The Morgan fingerprint density at radius 1 is 1.22 bits per heavy atom. The number of nitrogens with zero attached hydrogens (tertiary/aromatic N) is 1. The lowest BCUT2D eigenvalue weighted by atomic mass is 9.98. The van der Waals surface area contributed by atoms with E-state index in [-0.39, 0.29) is 17.3 Å². The van der Waals surface area contributed by atoms with Gasteiger partial charge in [-0.1, -0.05) is 17.7 Å². The Labute approximate surface area is 163 Å². The van der Waals surface area contributed by atoms with Crippen LogP contribution in [0.5, 0.6) is 0 Å². The fourth-order valence-electron chi connectivity index (χ4n) is 3.11. The maximum Gasteiger partial charge on any atom is 0.243 e. The number of hydrogen-bond donors (Lipinski definition) is 1. The monoisotopic (exact) mass is 410 g/mol.